The number of aliphatic hydroxyl groups is 1. The number of carbonyl (C=O) groups is 6. The number of Topliss-reactive ketones (excluding diaryl/α,β-unsaturated/α-hetero) is 4. The third-order valence-electron chi connectivity index (χ3n) is 8.14. The number of ketones is 4. The van der Waals surface area contributed by atoms with Gasteiger partial charge in [0.2, 0.25) is 11.8 Å². The van der Waals surface area contributed by atoms with Gasteiger partial charge in [0.05, 0.1) is 41.8 Å². The Bertz CT molecular complexity index is 1330. The Kier molecular flexibility index (Phi) is 7.66. The van der Waals surface area contributed by atoms with E-state index in [2.05, 4.69) is 10.6 Å². The van der Waals surface area contributed by atoms with Gasteiger partial charge in [-0.1, -0.05) is 6.92 Å². The normalized spacial score (nSPS) is 31.5. The van der Waals surface area contributed by atoms with E-state index in [1.165, 1.54) is 26.1 Å². The molecule has 0 radical (unpaired) electrons. The molecule has 0 heterocycles. The number of likely N-dealkylation sites (N-methyl/N-ethyl adjacent to an activating group) is 2. The number of primary amides is 1. The van der Waals surface area contributed by atoms with Crippen molar-refractivity contribution in [1.82, 2.24) is 10.2 Å². The lowest BCUT2D eigenvalue weighted by molar-refractivity contribution is -0.198. The summed E-state index contributed by atoms with van der Waals surface area (Å²) in [4.78, 5) is 80.1. The van der Waals surface area contributed by atoms with Crippen molar-refractivity contribution in [3.63, 3.8) is 0 Å². The number of hydrogen-bond donors (Lipinski definition) is 5. The molecular weight excluding hydrogens is 531 g/mol. The van der Waals surface area contributed by atoms with Crippen molar-refractivity contribution in [2.75, 3.05) is 39.6 Å². The number of amides is 2. The molecule has 0 spiro atoms. The number of phenols is 1. The number of methoxy groups -OCH3 is 1. The Morgan fingerprint density at radius 2 is 1.88 bits per heavy atom. The molecule has 2 fully saturated rings. The minimum absolute atomic E-state index is 0.162. The first-order chi connectivity index (χ1) is 18.7. The fourth-order valence-corrected chi connectivity index (χ4v) is 6.46. The maximum atomic E-state index is 15.4. The van der Waals surface area contributed by atoms with Crippen molar-refractivity contribution < 1.29 is 48.1 Å². The molecule has 1 aromatic rings. The van der Waals surface area contributed by atoms with E-state index in [1.54, 1.807) is 6.92 Å². The molecule has 3 aliphatic rings. The topological polar surface area (TPSA) is 205 Å². The van der Waals surface area contributed by atoms with Crippen molar-refractivity contribution in [3.05, 3.63) is 23.0 Å². The molecule has 0 aromatic heterocycles. The molecule has 1 aromatic carbocycles. The zero-order chi connectivity index (χ0) is 29.8. The number of phenolic OH excluding ortho intramolecular Hbond substituents is 1. The van der Waals surface area contributed by atoms with Crippen LogP contribution in [0.2, 0.25) is 0 Å². The average molecular weight is 563 g/mol. The van der Waals surface area contributed by atoms with Crippen LogP contribution in [0.25, 0.3) is 0 Å². The van der Waals surface area contributed by atoms with Gasteiger partial charge in [-0.25, -0.2) is 4.39 Å². The van der Waals surface area contributed by atoms with E-state index < -0.39 is 99.2 Å². The zero-order valence-electron chi connectivity index (χ0n) is 22.3. The van der Waals surface area contributed by atoms with Crippen LogP contribution in [-0.2, 0) is 35.1 Å². The minimum Gasteiger partial charge on any atom is -0.505 e. The lowest BCUT2D eigenvalue weighted by atomic mass is 9.51. The fourth-order valence-electron chi connectivity index (χ4n) is 6.46. The number of nitrogens with one attached hydrogen (secondary N) is 2. The van der Waals surface area contributed by atoms with Crippen molar-refractivity contribution in [2.45, 2.75) is 31.1 Å². The molecule has 2 saturated carbocycles. The Labute approximate surface area is 228 Å². The molecule has 0 bridgehead atoms. The zero-order valence-corrected chi connectivity index (χ0v) is 22.3. The van der Waals surface area contributed by atoms with Gasteiger partial charge in [0.15, 0.2) is 34.7 Å². The van der Waals surface area contributed by atoms with Gasteiger partial charge in [0, 0.05) is 24.7 Å². The molecule has 2 unspecified atom stereocenters. The Morgan fingerprint density at radius 3 is 2.42 bits per heavy atom. The summed E-state index contributed by atoms with van der Waals surface area (Å²) in [5.41, 5.74) is 1.05. The van der Waals surface area contributed by atoms with Crippen molar-refractivity contribution in [1.29, 1.82) is 0 Å². The molecule has 0 aliphatic heterocycles. The highest BCUT2D eigenvalue weighted by molar-refractivity contribution is 6.32. The Hall–Kier alpha value is -3.59. The van der Waals surface area contributed by atoms with Crippen LogP contribution in [0.4, 0.5) is 10.1 Å². The molecule has 13 nitrogen and oxygen atoms in total. The fraction of sp³-hybridized carbons (Fsp3) is 0.538. The van der Waals surface area contributed by atoms with E-state index in [9.17, 15) is 39.0 Å². The van der Waals surface area contributed by atoms with E-state index in [1.807, 2.05) is 0 Å². The van der Waals surface area contributed by atoms with E-state index in [0.29, 0.717) is 6.54 Å². The first kappa shape index (κ1) is 29.4. The molecule has 0 saturated heterocycles. The van der Waals surface area contributed by atoms with E-state index >= 15 is 4.39 Å². The lowest BCUT2D eigenvalue weighted by Crippen LogP contribution is -2.77. The predicted molar refractivity (Wildman–Crippen MR) is 135 cm³/mol. The standard InChI is InChI=1S/C26H31FN4O9/c1-5-29-8-13(32)30-12-7-11(27)9-6-10-15(20(34)14(9)19(12)33)23(36)26(39)17(22(10)40-4)18(31(2)3)21(35)16(24(26)37)25(28)38/h7,10,15-18,22,29,33,39H,5-6,8H2,1-4H3,(H2,28,38)(H,30,32)/t10-,15?,16?,17-,18+,22+,26+/m1/s1. The summed E-state index contributed by atoms with van der Waals surface area (Å²) >= 11 is 0. The van der Waals surface area contributed by atoms with Gasteiger partial charge < -0.3 is 31.3 Å². The molecule has 216 valence electrons. The van der Waals surface area contributed by atoms with Gasteiger partial charge in [-0.15, -0.1) is 0 Å². The molecular formula is C26H31FN4O9. The third-order valence-corrected chi connectivity index (χ3v) is 8.14. The quantitative estimate of drug-likeness (QED) is 0.185. The summed E-state index contributed by atoms with van der Waals surface area (Å²) in [6.45, 7) is 2.05. The molecule has 14 heteroatoms. The highest BCUT2D eigenvalue weighted by atomic mass is 19.1. The Balaban J connectivity index is 1.87. The number of ether oxygens (including phenoxy) is 1. The highest BCUT2D eigenvalue weighted by Gasteiger charge is 2.72. The number of nitrogens with two attached hydrogens (primary N) is 1. The maximum absolute atomic E-state index is 15.4. The summed E-state index contributed by atoms with van der Waals surface area (Å²) in [5.74, 6) is -15.2. The van der Waals surface area contributed by atoms with E-state index in [4.69, 9.17) is 10.5 Å². The SMILES string of the molecule is CCNCC(=O)Nc1cc(F)c2c(c1O)C(=O)C1C(=O)[C@]3(O)C(=O)C(C(N)=O)C(=O)[C@@H](N(C)C)[C@@H]3[C@@H](OC)[C@@H]1C2. The number of rotatable bonds is 7. The Morgan fingerprint density at radius 1 is 1.23 bits per heavy atom. The number of carbonyl (C=O) groups excluding carboxylic acids is 6. The number of benzene rings is 1. The molecule has 2 amide bonds. The lowest BCUT2D eigenvalue weighted by Gasteiger charge is -2.55. The number of anilines is 1. The molecule has 6 N–H and O–H groups in total. The van der Waals surface area contributed by atoms with Crippen molar-refractivity contribution >= 4 is 40.6 Å². The smallest absolute Gasteiger partial charge is 0.238 e. The van der Waals surface area contributed by atoms with Gasteiger partial charge in [-0.3, -0.25) is 33.7 Å². The van der Waals surface area contributed by atoms with Gasteiger partial charge in [-0.05, 0) is 27.1 Å². The van der Waals surface area contributed by atoms with E-state index in [0.717, 1.165) is 6.07 Å². The summed E-state index contributed by atoms with van der Waals surface area (Å²) in [6.07, 6.45) is -1.64. The monoisotopic (exact) mass is 562 g/mol. The van der Waals surface area contributed by atoms with Gasteiger partial charge in [-0.2, -0.15) is 0 Å². The summed E-state index contributed by atoms with van der Waals surface area (Å²) in [6, 6.07) is -0.540. The van der Waals surface area contributed by atoms with Crippen LogP contribution in [0, 0.1) is 29.5 Å². The second kappa shape index (κ2) is 10.4. The first-order valence-corrected chi connectivity index (χ1v) is 12.7. The molecule has 3 aliphatic carbocycles. The highest BCUT2D eigenvalue weighted by Crippen LogP contribution is 2.52. The molecule has 7 atom stereocenters. The number of aromatic hydroxyl groups is 1. The maximum Gasteiger partial charge on any atom is 0.238 e. The van der Waals surface area contributed by atoms with Gasteiger partial charge >= 0.3 is 0 Å². The van der Waals surface area contributed by atoms with Gasteiger partial charge in [0.1, 0.15) is 11.6 Å². The van der Waals surface area contributed by atoms with Crippen LogP contribution >= 0.6 is 0 Å². The molecule has 40 heavy (non-hydrogen) atoms. The van der Waals surface area contributed by atoms with Crippen LogP contribution in [0.1, 0.15) is 22.8 Å². The molecule has 4 rings (SSSR count). The number of fused-ring (bicyclic) bond motifs is 3. The number of halogens is 1. The van der Waals surface area contributed by atoms with Crippen LogP contribution in [0.3, 0.4) is 0 Å². The van der Waals surface area contributed by atoms with Crippen LogP contribution in [-0.4, -0.2) is 102 Å². The van der Waals surface area contributed by atoms with Crippen molar-refractivity contribution in [2.24, 2.45) is 29.4 Å². The second-order valence-electron chi connectivity index (χ2n) is 10.5. The van der Waals surface area contributed by atoms with Crippen LogP contribution in [0.15, 0.2) is 6.07 Å². The van der Waals surface area contributed by atoms with Gasteiger partial charge in [0.25, 0.3) is 0 Å². The minimum atomic E-state index is -3.02. The van der Waals surface area contributed by atoms with Crippen LogP contribution in [0.5, 0.6) is 5.75 Å². The third kappa shape index (κ3) is 4.13. The van der Waals surface area contributed by atoms with Crippen LogP contribution < -0.4 is 16.4 Å². The summed E-state index contributed by atoms with van der Waals surface area (Å²) in [5, 5.41) is 27.7. The van der Waals surface area contributed by atoms with Crippen molar-refractivity contribution in [3.8, 4) is 5.75 Å². The second-order valence-corrected chi connectivity index (χ2v) is 10.5. The summed E-state index contributed by atoms with van der Waals surface area (Å²) < 4.78 is 21.0. The summed E-state index contributed by atoms with van der Waals surface area (Å²) in [7, 11) is 4.06. The largest absolute Gasteiger partial charge is 0.505 e. The van der Waals surface area contributed by atoms with E-state index in [-0.39, 0.29) is 18.5 Å². The average Bonchev–Trinajstić information content (AvgIpc) is 2.87. The first-order valence-electron chi connectivity index (χ1n) is 12.7. The predicted octanol–water partition coefficient (Wildman–Crippen LogP) is -1.82. The number of hydrogen-bond acceptors (Lipinski definition) is 11. The number of nitrogens with zero attached hydrogens (tertiary/aromatic N) is 1.